The molecule has 9 atom stereocenters. The van der Waals surface area contributed by atoms with Crippen LogP contribution in [-0.2, 0) is 23.9 Å². The van der Waals surface area contributed by atoms with Gasteiger partial charge < -0.3 is 14.6 Å². The molecule has 0 radical (unpaired) electrons. The van der Waals surface area contributed by atoms with Gasteiger partial charge in [-0.15, -0.1) is 0 Å². The fourth-order valence-corrected chi connectivity index (χ4v) is 13.0. The normalized spacial score (nSPS) is 39.7. The molecule has 0 heterocycles. The van der Waals surface area contributed by atoms with Gasteiger partial charge in [0.15, 0.2) is 5.78 Å². The molecule has 0 aromatic rings. The van der Waals surface area contributed by atoms with Crippen LogP contribution in [0.3, 0.4) is 0 Å². The monoisotopic (exact) mass is 713 g/mol. The van der Waals surface area contributed by atoms with Crippen LogP contribution in [0.1, 0.15) is 154 Å². The lowest BCUT2D eigenvalue weighted by molar-refractivity contribution is -0.494. The predicted molar refractivity (Wildman–Crippen MR) is 196 cm³/mol. The Hall–Kier alpha value is -2.29. The molecule has 51 heavy (non-hydrogen) atoms. The number of Topliss-reactive ketones (excluding diaryl/α,β-unsaturated/α-hetero) is 1. The van der Waals surface area contributed by atoms with Crippen LogP contribution in [0.4, 0.5) is 0 Å². The second-order valence-electron chi connectivity index (χ2n) is 20.9. The summed E-state index contributed by atoms with van der Waals surface area (Å²) >= 11 is 0. The van der Waals surface area contributed by atoms with E-state index in [9.17, 15) is 29.6 Å². The quantitative estimate of drug-likeness (QED) is 0.150. The first-order chi connectivity index (χ1) is 23.1. The van der Waals surface area contributed by atoms with Gasteiger partial charge in [0.2, 0.25) is 6.54 Å². The Morgan fingerprint density at radius 3 is 2.06 bits per heavy atom. The minimum absolute atomic E-state index is 0.0117. The molecular weight excluding hydrogens is 646 g/mol. The number of aliphatic hydroxyl groups excluding tert-OH is 1. The van der Waals surface area contributed by atoms with Crippen molar-refractivity contribution in [3.63, 3.8) is 0 Å². The first-order valence-corrected chi connectivity index (χ1v) is 19.6. The summed E-state index contributed by atoms with van der Waals surface area (Å²) in [7, 11) is 0. The number of hydrogen-bond acceptors (Lipinski definition) is 8. The number of carbonyl (C=O) groups excluding carboxylic acids is 3. The highest BCUT2D eigenvalue weighted by Crippen LogP contribution is 2.81. The number of esters is 2. The van der Waals surface area contributed by atoms with E-state index in [0.717, 1.165) is 56.1 Å². The van der Waals surface area contributed by atoms with E-state index in [-0.39, 0.29) is 69.6 Å². The maximum atomic E-state index is 13.8. The Morgan fingerprint density at radius 2 is 1.49 bits per heavy atom. The van der Waals surface area contributed by atoms with E-state index in [1.807, 2.05) is 20.8 Å². The lowest BCUT2D eigenvalue weighted by Crippen LogP contribution is -2.70. The number of rotatable bonds is 8. The first-order valence-electron chi connectivity index (χ1n) is 19.6. The van der Waals surface area contributed by atoms with Crippen molar-refractivity contribution in [1.29, 1.82) is 0 Å². The topological polar surface area (TPSA) is 133 Å². The maximum Gasteiger partial charge on any atom is 0.312 e. The lowest BCUT2D eigenvalue weighted by Gasteiger charge is -2.76. The average Bonchev–Trinajstić information content (AvgIpc) is 3.28. The largest absolute Gasteiger partial charge is 0.462 e. The van der Waals surface area contributed by atoms with Gasteiger partial charge >= 0.3 is 11.9 Å². The lowest BCUT2D eigenvalue weighted by atomic mass is 9.28. The van der Waals surface area contributed by atoms with Crippen LogP contribution in [-0.4, -0.2) is 52.1 Å². The second kappa shape index (κ2) is 12.4. The second-order valence-corrected chi connectivity index (χ2v) is 20.9. The third-order valence-electron chi connectivity index (χ3n) is 16.2. The molecule has 5 aliphatic carbocycles. The van der Waals surface area contributed by atoms with Crippen LogP contribution < -0.4 is 0 Å². The highest BCUT2D eigenvalue weighted by Gasteiger charge is 2.75. The van der Waals surface area contributed by atoms with Crippen molar-refractivity contribution in [2.45, 2.75) is 172 Å². The van der Waals surface area contributed by atoms with Crippen LogP contribution in [0, 0.1) is 65.8 Å². The smallest absolute Gasteiger partial charge is 0.312 e. The molecule has 0 bridgehead atoms. The Morgan fingerprint density at radius 1 is 0.902 bits per heavy atom. The molecule has 9 nitrogen and oxygen atoms in total. The number of carbonyl (C=O) groups is 3. The van der Waals surface area contributed by atoms with Crippen molar-refractivity contribution in [1.82, 2.24) is 0 Å². The van der Waals surface area contributed by atoms with Gasteiger partial charge in [0, 0.05) is 22.2 Å². The minimum atomic E-state index is -1.19. The minimum Gasteiger partial charge on any atom is -0.462 e. The van der Waals surface area contributed by atoms with E-state index in [2.05, 4.69) is 55.4 Å². The van der Waals surface area contributed by atoms with E-state index in [4.69, 9.17) is 9.47 Å². The zero-order valence-corrected chi connectivity index (χ0v) is 33.9. The Labute approximate surface area is 306 Å². The molecule has 1 N–H and O–H groups in total. The van der Waals surface area contributed by atoms with Gasteiger partial charge in [0.25, 0.3) is 0 Å². The molecule has 9 heteroatoms. The molecule has 0 saturated heterocycles. The van der Waals surface area contributed by atoms with Gasteiger partial charge in [-0.3, -0.25) is 24.5 Å². The predicted octanol–water partition coefficient (Wildman–Crippen LogP) is 8.66. The third-order valence-corrected chi connectivity index (χ3v) is 16.2. The third kappa shape index (κ3) is 5.83. The molecule has 0 unspecified atom stereocenters. The molecule has 0 aromatic carbocycles. The molecule has 0 spiro atoms. The number of nitrogens with zero attached hydrogens (tertiary/aromatic N) is 1. The molecule has 0 amide bonds. The van der Waals surface area contributed by atoms with Crippen molar-refractivity contribution in [3.05, 3.63) is 21.3 Å². The molecule has 5 rings (SSSR count). The van der Waals surface area contributed by atoms with Crippen molar-refractivity contribution < 1.29 is 33.9 Å². The average molecular weight is 714 g/mol. The van der Waals surface area contributed by atoms with Crippen molar-refractivity contribution in [2.75, 3.05) is 6.54 Å². The van der Waals surface area contributed by atoms with E-state index in [1.165, 1.54) is 0 Å². The fraction of sp³-hybridized carbons (Fsp3) is 0.881. The number of ketones is 1. The van der Waals surface area contributed by atoms with Gasteiger partial charge in [-0.05, 0) is 131 Å². The molecule has 5 aliphatic rings. The molecule has 0 aliphatic heterocycles. The van der Waals surface area contributed by atoms with Crippen LogP contribution in [0.25, 0.3) is 0 Å². The standard InChI is InChI=1S/C42H67NO8/c1-25(2)32-27(44)22-42(29(45)24-43(48)49)21-20-38(10)26(33(32)42)14-18-41(13)39(11)17-16-30(37(8,9)28(39)15-19-40(38,41)12)50-31(46)23-36(6,7)34(47)51-35(3,4)5/h25-26,28-30,45H,14-24H2,1-13H3/t26-,28-,29+,30+,38-,39+,40+,41-,42+/m1/s1. The van der Waals surface area contributed by atoms with Crippen molar-refractivity contribution in [2.24, 2.45) is 55.7 Å². The summed E-state index contributed by atoms with van der Waals surface area (Å²) in [6.45, 7) is 27.0. The van der Waals surface area contributed by atoms with Gasteiger partial charge in [0.1, 0.15) is 17.8 Å². The summed E-state index contributed by atoms with van der Waals surface area (Å²) in [6.07, 6.45) is 5.59. The number of nitro groups is 1. The Balaban J connectivity index is 1.45. The molecular formula is C42H67NO8. The Kier molecular flexibility index (Phi) is 9.68. The van der Waals surface area contributed by atoms with E-state index < -0.39 is 40.0 Å². The fourth-order valence-electron chi connectivity index (χ4n) is 13.0. The molecule has 4 fully saturated rings. The number of hydrogen-bond donors (Lipinski definition) is 1. The molecule has 4 saturated carbocycles. The van der Waals surface area contributed by atoms with Gasteiger partial charge in [-0.25, -0.2) is 0 Å². The van der Waals surface area contributed by atoms with Crippen molar-refractivity contribution >= 4 is 17.7 Å². The van der Waals surface area contributed by atoms with E-state index in [1.54, 1.807) is 13.8 Å². The SMILES string of the molecule is CC(C)C1=C2[C@H]3CC[C@@]4(C)[C@@](C)(CC[C@@H]5C(C)(C)[C@@H](OC(=O)CC(C)(C)C(=O)OC(C)(C)C)CC[C@@]54C)[C@]3(C)CC[C@@]2([C@@H](O)C[N+](=O)[O-])CC1=O. The number of aliphatic hydroxyl groups is 1. The van der Waals surface area contributed by atoms with E-state index in [0.29, 0.717) is 12.3 Å². The van der Waals surface area contributed by atoms with Crippen molar-refractivity contribution in [3.8, 4) is 0 Å². The first kappa shape index (κ1) is 39.9. The van der Waals surface area contributed by atoms with E-state index >= 15 is 0 Å². The van der Waals surface area contributed by atoms with Gasteiger partial charge in [-0.2, -0.15) is 0 Å². The summed E-state index contributed by atoms with van der Waals surface area (Å²) < 4.78 is 11.9. The molecule has 288 valence electrons. The summed E-state index contributed by atoms with van der Waals surface area (Å²) in [5.74, 6) is -0.341. The summed E-state index contributed by atoms with van der Waals surface area (Å²) in [5, 5.41) is 23.2. The van der Waals surface area contributed by atoms with Crippen LogP contribution in [0.5, 0.6) is 0 Å². The zero-order chi connectivity index (χ0) is 38.5. The highest BCUT2D eigenvalue weighted by molar-refractivity contribution is 6.00. The summed E-state index contributed by atoms with van der Waals surface area (Å²) in [5.41, 5.74) is -1.28. The van der Waals surface area contributed by atoms with Crippen LogP contribution in [0.15, 0.2) is 11.1 Å². The summed E-state index contributed by atoms with van der Waals surface area (Å²) in [6, 6.07) is 0. The maximum absolute atomic E-state index is 13.8. The van der Waals surface area contributed by atoms with Crippen LogP contribution >= 0.6 is 0 Å². The van der Waals surface area contributed by atoms with Crippen LogP contribution in [0.2, 0.25) is 0 Å². The Bertz CT molecular complexity index is 1500. The molecule has 0 aromatic heterocycles. The number of fused-ring (bicyclic) bond motifs is 7. The number of allylic oxidation sites excluding steroid dienone is 1. The zero-order valence-electron chi connectivity index (χ0n) is 33.9. The highest BCUT2D eigenvalue weighted by atomic mass is 16.6. The van der Waals surface area contributed by atoms with Gasteiger partial charge in [0.05, 0.1) is 11.8 Å². The van der Waals surface area contributed by atoms with Gasteiger partial charge in [-0.1, -0.05) is 61.0 Å². The summed E-state index contributed by atoms with van der Waals surface area (Å²) in [4.78, 5) is 51.4. The number of ether oxygens (including phenoxy) is 2.